The van der Waals surface area contributed by atoms with E-state index in [1.165, 1.54) is 34.4 Å². The van der Waals surface area contributed by atoms with E-state index in [-0.39, 0.29) is 22.8 Å². The fourth-order valence-corrected chi connectivity index (χ4v) is 6.80. The number of aryl methyl sites for hydroxylation is 1. The Hall–Kier alpha value is -4.51. The summed E-state index contributed by atoms with van der Waals surface area (Å²) in [6.07, 6.45) is 2.25. The van der Waals surface area contributed by atoms with Gasteiger partial charge in [0.05, 0.1) is 10.9 Å². The average Bonchev–Trinajstić information content (AvgIpc) is 3.69. The number of amides is 3. The maximum atomic E-state index is 13.4. The molecule has 44 heavy (non-hydrogen) atoms. The molecule has 0 spiro atoms. The molecule has 3 amide bonds. The quantitative estimate of drug-likeness (QED) is 0.100. The summed E-state index contributed by atoms with van der Waals surface area (Å²) in [5.41, 5.74) is 2.99. The van der Waals surface area contributed by atoms with E-state index in [4.69, 9.17) is 0 Å². The molecule has 0 fully saturated rings. The van der Waals surface area contributed by atoms with Crippen LogP contribution < -0.4 is 16.0 Å². The van der Waals surface area contributed by atoms with Gasteiger partial charge in [0, 0.05) is 31.5 Å². The van der Waals surface area contributed by atoms with Crippen LogP contribution in [0.5, 0.6) is 0 Å². The van der Waals surface area contributed by atoms with Gasteiger partial charge >= 0.3 is 0 Å². The highest BCUT2D eigenvalue weighted by Gasteiger charge is 2.21. The number of hydrogen-bond donors (Lipinski definition) is 3. The standard InChI is InChI=1S/C34H30N4O3S3/c1-3-29(33(41)38-34-37-30(22(2)43-34)23-12-6-4-7-13-23)44-27-17-10-16-25(20-27)35-32(40)28(21-26-18-11-19-42-26)36-31(39)24-14-8-5-9-15-24/h4-21,29H,3H2,1-2H3,(H,35,40)(H,36,39)(H,37,38,41)/b28-21-. The first-order valence-electron chi connectivity index (χ1n) is 13.9. The maximum absolute atomic E-state index is 13.4. The first kappa shape index (κ1) is 30.9. The second kappa shape index (κ2) is 14.8. The van der Waals surface area contributed by atoms with Gasteiger partial charge in [-0.2, -0.15) is 0 Å². The van der Waals surface area contributed by atoms with Gasteiger partial charge in [-0.15, -0.1) is 34.4 Å². The number of nitrogens with one attached hydrogen (secondary N) is 3. The van der Waals surface area contributed by atoms with Crippen LogP contribution in [-0.2, 0) is 9.59 Å². The zero-order valence-corrected chi connectivity index (χ0v) is 26.5. The zero-order valence-electron chi connectivity index (χ0n) is 24.1. The minimum Gasteiger partial charge on any atom is -0.321 e. The Kier molecular flexibility index (Phi) is 10.4. The molecule has 10 heteroatoms. The Labute approximate surface area is 268 Å². The van der Waals surface area contributed by atoms with E-state index in [2.05, 4.69) is 20.9 Å². The summed E-state index contributed by atoms with van der Waals surface area (Å²) in [6, 6.07) is 29.7. The summed E-state index contributed by atoms with van der Waals surface area (Å²) < 4.78 is 0. The monoisotopic (exact) mass is 638 g/mol. The Morgan fingerprint density at radius 2 is 1.66 bits per heavy atom. The molecule has 1 unspecified atom stereocenters. The van der Waals surface area contributed by atoms with Crippen molar-refractivity contribution in [2.45, 2.75) is 30.4 Å². The van der Waals surface area contributed by atoms with Gasteiger partial charge in [0.15, 0.2) is 5.13 Å². The summed E-state index contributed by atoms with van der Waals surface area (Å²) in [5.74, 6) is -0.968. The maximum Gasteiger partial charge on any atom is 0.272 e. The Bertz CT molecular complexity index is 1770. The number of thioether (sulfide) groups is 1. The SMILES string of the molecule is CCC(Sc1cccc(NC(=O)/C(=C/c2cccs2)NC(=O)c2ccccc2)c1)C(=O)Nc1nc(-c2ccccc2)c(C)s1. The lowest BCUT2D eigenvalue weighted by atomic mass is 10.1. The molecular weight excluding hydrogens is 609 g/mol. The highest BCUT2D eigenvalue weighted by atomic mass is 32.2. The third-order valence-corrected chi connectivity index (χ3v) is 9.53. The lowest BCUT2D eigenvalue weighted by Crippen LogP contribution is -2.30. The van der Waals surface area contributed by atoms with E-state index in [9.17, 15) is 14.4 Å². The minimum absolute atomic E-state index is 0.124. The van der Waals surface area contributed by atoms with E-state index < -0.39 is 5.91 Å². The van der Waals surface area contributed by atoms with Gasteiger partial charge in [0.1, 0.15) is 5.70 Å². The molecule has 0 saturated heterocycles. The molecule has 0 aliphatic carbocycles. The van der Waals surface area contributed by atoms with Crippen molar-refractivity contribution in [2.75, 3.05) is 10.6 Å². The van der Waals surface area contributed by atoms with Crippen molar-refractivity contribution in [3.8, 4) is 11.3 Å². The Morgan fingerprint density at radius 1 is 0.909 bits per heavy atom. The summed E-state index contributed by atoms with van der Waals surface area (Å²) in [5, 5.41) is 10.7. The van der Waals surface area contributed by atoms with E-state index >= 15 is 0 Å². The van der Waals surface area contributed by atoms with Crippen molar-refractivity contribution in [1.29, 1.82) is 0 Å². The van der Waals surface area contributed by atoms with Gasteiger partial charge in [-0.05, 0) is 61.2 Å². The van der Waals surface area contributed by atoms with Crippen LogP contribution in [0.4, 0.5) is 10.8 Å². The van der Waals surface area contributed by atoms with Crippen LogP contribution in [0, 0.1) is 6.92 Å². The highest BCUT2D eigenvalue weighted by molar-refractivity contribution is 8.00. The molecule has 222 valence electrons. The zero-order chi connectivity index (χ0) is 30.9. The number of carbonyl (C=O) groups excluding carboxylic acids is 3. The van der Waals surface area contributed by atoms with Crippen LogP contribution in [0.1, 0.15) is 33.5 Å². The molecule has 1 atom stereocenters. The number of hydrogen-bond acceptors (Lipinski definition) is 7. The summed E-state index contributed by atoms with van der Waals surface area (Å²) in [7, 11) is 0. The molecule has 0 radical (unpaired) electrons. The molecule has 0 aliphatic heterocycles. The predicted molar refractivity (Wildman–Crippen MR) is 182 cm³/mol. The Morgan fingerprint density at radius 3 is 2.36 bits per heavy atom. The van der Waals surface area contributed by atoms with Gasteiger partial charge < -0.3 is 16.0 Å². The second-order valence-corrected chi connectivity index (χ2v) is 13.1. The fourth-order valence-electron chi connectivity index (χ4n) is 4.29. The second-order valence-electron chi connectivity index (χ2n) is 9.67. The predicted octanol–water partition coefficient (Wildman–Crippen LogP) is 8.10. The number of thiophene rings is 1. The smallest absolute Gasteiger partial charge is 0.272 e. The molecule has 5 rings (SSSR count). The van der Waals surface area contributed by atoms with E-state index in [1.54, 1.807) is 36.4 Å². The van der Waals surface area contributed by atoms with E-state index in [0.29, 0.717) is 22.8 Å². The van der Waals surface area contributed by atoms with Crippen molar-refractivity contribution < 1.29 is 14.4 Å². The number of rotatable bonds is 11. The molecule has 3 aromatic carbocycles. The minimum atomic E-state index is -0.456. The molecule has 5 aromatic rings. The molecule has 2 heterocycles. The topological polar surface area (TPSA) is 100 Å². The average molecular weight is 639 g/mol. The van der Waals surface area contributed by atoms with Crippen LogP contribution in [0.25, 0.3) is 17.3 Å². The van der Waals surface area contributed by atoms with E-state index in [0.717, 1.165) is 25.9 Å². The number of carbonyl (C=O) groups is 3. The van der Waals surface area contributed by atoms with Crippen LogP contribution in [0.2, 0.25) is 0 Å². The number of benzene rings is 3. The normalized spacial score (nSPS) is 11.9. The van der Waals surface area contributed by atoms with Gasteiger partial charge in [0.2, 0.25) is 5.91 Å². The van der Waals surface area contributed by atoms with Crippen LogP contribution in [0.3, 0.4) is 0 Å². The van der Waals surface area contributed by atoms with Gasteiger partial charge in [0.25, 0.3) is 11.8 Å². The number of anilines is 2. The van der Waals surface area contributed by atoms with Gasteiger partial charge in [-0.3, -0.25) is 14.4 Å². The van der Waals surface area contributed by atoms with Crippen LogP contribution >= 0.6 is 34.4 Å². The summed E-state index contributed by atoms with van der Waals surface area (Å²) in [4.78, 5) is 46.8. The third kappa shape index (κ3) is 8.10. The molecule has 0 bridgehead atoms. The lowest BCUT2D eigenvalue weighted by Gasteiger charge is -2.15. The number of nitrogens with zero attached hydrogens (tertiary/aromatic N) is 1. The molecule has 0 aliphatic rings. The molecular formula is C34H30N4O3S3. The molecule has 3 N–H and O–H groups in total. The van der Waals surface area contributed by atoms with Crippen molar-refractivity contribution in [1.82, 2.24) is 10.3 Å². The molecule has 0 saturated carbocycles. The van der Waals surface area contributed by atoms with Crippen molar-refractivity contribution >= 4 is 69.1 Å². The van der Waals surface area contributed by atoms with Gasteiger partial charge in [-0.25, -0.2) is 4.98 Å². The van der Waals surface area contributed by atoms with Gasteiger partial charge in [-0.1, -0.05) is 67.6 Å². The number of aromatic nitrogens is 1. The van der Waals surface area contributed by atoms with Crippen LogP contribution in [0.15, 0.2) is 113 Å². The summed E-state index contributed by atoms with van der Waals surface area (Å²) in [6.45, 7) is 3.96. The first-order chi connectivity index (χ1) is 21.4. The molecule has 7 nitrogen and oxygen atoms in total. The summed E-state index contributed by atoms with van der Waals surface area (Å²) >= 11 is 4.33. The highest BCUT2D eigenvalue weighted by Crippen LogP contribution is 2.32. The van der Waals surface area contributed by atoms with Crippen LogP contribution in [-0.4, -0.2) is 28.0 Å². The van der Waals surface area contributed by atoms with Crippen molar-refractivity contribution in [3.63, 3.8) is 0 Å². The van der Waals surface area contributed by atoms with E-state index in [1.807, 2.05) is 86.0 Å². The Balaban J connectivity index is 1.26. The molecule has 2 aromatic heterocycles. The number of thiazole rings is 1. The van der Waals surface area contributed by atoms with Crippen molar-refractivity contribution in [2.24, 2.45) is 0 Å². The first-order valence-corrected chi connectivity index (χ1v) is 16.5. The lowest BCUT2D eigenvalue weighted by molar-refractivity contribution is -0.116. The fraction of sp³-hybridized carbons (Fsp3) is 0.118. The third-order valence-electron chi connectivity index (χ3n) is 6.47. The largest absolute Gasteiger partial charge is 0.321 e. The van der Waals surface area contributed by atoms with Crippen molar-refractivity contribution in [3.05, 3.63) is 123 Å².